The molecule has 72 valence electrons. The van der Waals surface area contributed by atoms with Crippen molar-refractivity contribution < 1.29 is 4.79 Å². The summed E-state index contributed by atoms with van der Waals surface area (Å²) < 4.78 is 0. The van der Waals surface area contributed by atoms with Crippen molar-refractivity contribution in [2.45, 2.75) is 12.8 Å². The number of nitriles is 1. The quantitative estimate of drug-likeness (QED) is 0.754. The van der Waals surface area contributed by atoms with Gasteiger partial charge in [0.2, 0.25) is 5.91 Å². The van der Waals surface area contributed by atoms with Gasteiger partial charge in [0.15, 0.2) is 0 Å². The summed E-state index contributed by atoms with van der Waals surface area (Å²) in [5.41, 5.74) is 0.994. The smallest absolute Gasteiger partial charge is 0.222 e. The summed E-state index contributed by atoms with van der Waals surface area (Å²) in [4.78, 5) is 14.8. The van der Waals surface area contributed by atoms with Crippen LogP contribution in [0.2, 0.25) is 0 Å². The van der Waals surface area contributed by atoms with Crippen molar-refractivity contribution in [3.05, 3.63) is 23.4 Å². The lowest BCUT2D eigenvalue weighted by Gasteiger charge is -2.03. The first-order valence-electron chi connectivity index (χ1n) is 3.90. The molecule has 1 aromatic rings. The average Bonchev–Trinajstić information content (AvgIpc) is 2.16. The van der Waals surface area contributed by atoms with Crippen LogP contribution in [0.3, 0.4) is 0 Å². The number of hydrogen-bond acceptors (Lipinski definition) is 3. The van der Waals surface area contributed by atoms with Gasteiger partial charge >= 0.3 is 0 Å². The minimum atomic E-state index is -0.229. The molecule has 0 aliphatic carbocycles. The Morgan fingerprint density at radius 3 is 2.93 bits per heavy atom. The van der Waals surface area contributed by atoms with Crippen LogP contribution in [-0.2, 0) is 10.7 Å². The molecule has 0 spiro atoms. The second kappa shape index (κ2) is 4.58. The van der Waals surface area contributed by atoms with E-state index in [4.69, 9.17) is 16.9 Å². The Labute approximate surface area is 86.5 Å². The highest BCUT2D eigenvalue weighted by atomic mass is 35.5. The molecule has 1 amide bonds. The average molecular weight is 210 g/mol. The molecule has 0 unspecified atom stereocenters. The van der Waals surface area contributed by atoms with Gasteiger partial charge in [0, 0.05) is 6.92 Å². The molecular weight excluding hydrogens is 202 g/mol. The molecule has 1 aromatic heterocycles. The zero-order valence-corrected chi connectivity index (χ0v) is 8.30. The van der Waals surface area contributed by atoms with E-state index in [0.29, 0.717) is 17.1 Å². The van der Waals surface area contributed by atoms with Crippen LogP contribution in [0.1, 0.15) is 18.2 Å². The summed E-state index contributed by atoms with van der Waals surface area (Å²) >= 11 is 5.58. The fraction of sp³-hybridized carbons (Fsp3) is 0.222. The summed E-state index contributed by atoms with van der Waals surface area (Å²) in [7, 11) is 0. The molecule has 0 aliphatic rings. The Morgan fingerprint density at radius 2 is 2.43 bits per heavy atom. The maximum atomic E-state index is 10.7. The van der Waals surface area contributed by atoms with Crippen molar-refractivity contribution in [2.75, 3.05) is 5.32 Å². The van der Waals surface area contributed by atoms with Gasteiger partial charge in [-0.05, 0) is 12.1 Å². The molecule has 1 heterocycles. The van der Waals surface area contributed by atoms with E-state index in [9.17, 15) is 4.79 Å². The van der Waals surface area contributed by atoms with Crippen molar-refractivity contribution in [1.82, 2.24) is 4.98 Å². The molecular formula is C9H8ClN3O. The molecule has 1 rings (SSSR count). The third-order valence-electron chi connectivity index (χ3n) is 1.45. The maximum Gasteiger partial charge on any atom is 0.222 e. The highest BCUT2D eigenvalue weighted by molar-refractivity contribution is 6.16. The van der Waals surface area contributed by atoms with Gasteiger partial charge in [-0.3, -0.25) is 4.79 Å². The normalized spacial score (nSPS) is 9.21. The standard InChI is InChI=1S/C9H8ClN3O/c1-6(14)12-9-3-7(5-11)2-8(4-10)13-9/h2-3H,4H2,1H3,(H,12,13,14). The molecule has 5 heteroatoms. The van der Waals surface area contributed by atoms with Gasteiger partial charge in [-0.1, -0.05) is 0 Å². The fourth-order valence-corrected chi connectivity index (χ4v) is 1.10. The molecule has 0 saturated carbocycles. The number of nitrogens with zero attached hydrogens (tertiary/aromatic N) is 2. The first kappa shape index (κ1) is 10.5. The summed E-state index contributed by atoms with van der Waals surface area (Å²) in [6.45, 7) is 1.38. The number of amides is 1. The number of nitrogens with one attached hydrogen (secondary N) is 1. The Hall–Kier alpha value is -1.60. The predicted molar refractivity (Wildman–Crippen MR) is 52.8 cm³/mol. The van der Waals surface area contributed by atoms with Gasteiger partial charge in [0.1, 0.15) is 5.82 Å². The van der Waals surface area contributed by atoms with Crippen LogP contribution in [0.25, 0.3) is 0 Å². The van der Waals surface area contributed by atoms with E-state index in [2.05, 4.69) is 10.3 Å². The van der Waals surface area contributed by atoms with Gasteiger partial charge in [-0.2, -0.15) is 5.26 Å². The van der Waals surface area contributed by atoms with Crippen LogP contribution in [0.5, 0.6) is 0 Å². The topological polar surface area (TPSA) is 65.8 Å². The molecule has 0 saturated heterocycles. The maximum absolute atomic E-state index is 10.7. The second-order valence-electron chi connectivity index (χ2n) is 2.66. The Bertz CT molecular complexity index is 398. The third kappa shape index (κ3) is 2.71. The number of halogens is 1. The van der Waals surface area contributed by atoms with Gasteiger partial charge < -0.3 is 5.32 Å². The summed E-state index contributed by atoms with van der Waals surface area (Å²) in [6, 6.07) is 5.04. The molecule has 4 nitrogen and oxygen atoms in total. The van der Waals surface area contributed by atoms with Crippen LogP contribution in [0.15, 0.2) is 12.1 Å². The van der Waals surface area contributed by atoms with Crippen molar-refractivity contribution in [2.24, 2.45) is 0 Å². The van der Waals surface area contributed by atoms with Crippen molar-refractivity contribution in [3.63, 3.8) is 0 Å². The Morgan fingerprint density at radius 1 is 1.71 bits per heavy atom. The number of alkyl halides is 1. The van der Waals surface area contributed by atoms with E-state index < -0.39 is 0 Å². The molecule has 1 N–H and O–H groups in total. The van der Waals surface area contributed by atoms with Crippen molar-refractivity contribution >= 4 is 23.3 Å². The van der Waals surface area contributed by atoms with E-state index >= 15 is 0 Å². The minimum absolute atomic E-state index is 0.210. The number of carbonyl (C=O) groups is 1. The molecule has 0 radical (unpaired) electrons. The van der Waals surface area contributed by atoms with Crippen LogP contribution in [-0.4, -0.2) is 10.9 Å². The summed E-state index contributed by atoms with van der Waals surface area (Å²) in [5.74, 6) is 0.336. The summed E-state index contributed by atoms with van der Waals surface area (Å²) in [5, 5.41) is 11.2. The van der Waals surface area contributed by atoms with Crippen LogP contribution < -0.4 is 5.32 Å². The van der Waals surface area contributed by atoms with E-state index in [1.807, 2.05) is 6.07 Å². The van der Waals surface area contributed by atoms with Crippen molar-refractivity contribution in [1.29, 1.82) is 5.26 Å². The number of carbonyl (C=O) groups excluding carboxylic acids is 1. The van der Waals surface area contributed by atoms with Gasteiger partial charge in [0.05, 0.1) is 23.2 Å². The van der Waals surface area contributed by atoms with Crippen LogP contribution >= 0.6 is 11.6 Å². The minimum Gasteiger partial charge on any atom is -0.311 e. The SMILES string of the molecule is CC(=O)Nc1cc(C#N)cc(CCl)n1. The molecule has 0 atom stereocenters. The van der Waals surface area contributed by atoms with Crippen molar-refractivity contribution in [3.8, 4) is 6.07 Å². The first-order valence-corrected chi connectivity index (χ1v) is 4.43. The Balaban J connectivity index is 3.05. The summed E-state index contributed by atoms with van der Waals surface area (Å²) in [6.07, 6.45) is 0. The molecule has 0 aromatic carbocycles. The van der Waals surface area contributed by atoms with Gasteiger partial charge in [-0.25, -0.2) is 4.98 Å². The number of rotatable bonds is 2. The first-order chi connectivity index (χ1) is 6.65. The Kier molecular flexibility index (Phi) is 3.43. The largest absolute Gasteiger partial charge is 0.311 e. The van der Waals surface area contributed by atoms with Crippen LogP contribution in [0, 0.1) is 11.3 Å². The highest BCUT2D eigenvalue weighted by Gasteiger charge is 2.02. The van der Waals surface area contributed by atoms with E-state index in [1.54, 1.807) is 6.07 Å². The lowest BCUT2D eigenvalue weighted by Crippen LogP contribution is -2.08. The number of anilines is 1. The van der Waals surface area contributed by atoms with E-state index in [-0.39, 0.29) is 11.8 Å². The zero-order valence-electron chi connectivity index (χ0n) is 7.54. The van der Waals surface area contributed by atoms with Gasteiger partial charge in [0.25, 0.3) is 0 Å². The molecule has 0 fully saturated rings. The van der Waals surface area contributed by atoms with Crippen LogP contribution in [0.4, 0.5) is 5.82 Å². The number of pyridine rings is 1. The lowest BCUT2D eigenvalue weighted by molar-refractivity contribution is -0.114. The second-order valence-corrected chi connectivity index (χ2v) is 2.93. The van der Waals surface area contributed by atoms with E-state index in [1.165, 1.54) is 13.0 Å². The highest BCUT2D eigenvalue weighted by Crippen LogP contribution is 2.11. The predicted octanol–water partition coefficient (Wildman–Crippen LogP) is 1.65. The molecule has 0 bridgehead atoms. The zero-order chi connectivity index (χ0) is 10.6. The number of aromatic nitrogens is 1. The van der Waals surface area contributed by atoms with E-state index in [0.717, 1.165) is 0 Å². The molecule has 0 aliphatic heterocycles. The third-order valence-corrected chi connectivity index (χ3v) is 1.72. The fourth-order valence-electron chi connectivity index (χ4n) is 0.965. The van der Waals surface area contributed by atoms with Gasteiger partial charge in [-0.15, -0.1) is 11.6 Å². The lowest BCUT2D eigenvalue weighted by atomic mass is 10.2. The monoisotopic (exact) mass is 209 g/mol. The number of hydrogen-bond donors (Lipinski definition) is 1. The molecule has 14 heavy (non-hydrogen) atoms.